The first-order valence-electron chi connectivity index (χ1n) is 6.29. The number of allylic oxidation sites excluding steroid dienone is 1. The van der Waals surface area contributed by atoms with Gasteiger partial charge in [0.05, 0.1) is 0 Å². The van der Waals surface area contributed by atoms with Gasteiger partial charge in [-0.05, 0) is 44.4 Å². The Kier molecular flexibility index (Phi) is 3.63. The van der Waals surface area contributed by atoms with E-state index >= 15 is 0 Å². The Labute approximate surface area is 88.0 Å². The third-order valence-corrected chi connectivity index (χ3v) is 3.86. The van der Waals surface area contributed by atoms with Gasteiger partial charge in [-0.1, -0.05) is 25.5 Å². The maximum atomic E-state index is 3.83. The van der Waals surface area contributed by atoms with Gasteiger partial charge in [0.15, 0.2) is 0 Å². The Morgan fingerprint density at radius 2 is 2.07 bits per heavy atom. The lowest BCUT2D eigenvalue weighted by molar-refractivity contribution is 0.394. The fourth-order valence-corrected chi connectivity index (χ4v) is 2.88. The van der Waals surface area contributed by atoms with Gasteiger partial charge in [-0.15, -0.1) is 0 Å². The van der Waals surface area contributed by atoms with E-state index in [-0.39, 0.29) is 0 Å². The average Bonchev–Trinajstić information content (AvgIpc) is 2.67. The van der Waals surface area contributed by atoms with E-state index in [2.05, 4.69) is 24.4 Å². The molecule has 3 unspecified atom stereocenters. The molecule has 0 spiro atoms. The van der Waals surface area contributed by atoms with Crippen LogP contribution < -0.4 is 5.32 Å². The van der Waals surface area contributed by atoms with E-state index in [1.54, 1.807) is 0 Å². The third kappa shape index (κ3) is 2.60. The van der Waals surface area contributed by atoms with E-state index in [0.29, 0.717) is 0 Å². The Hall–Kier alpha value is -0.300. The Morgan fingerprint density at radius 3 is 2.71 bits per heavy atom. The minimum absolute atomic E-state index is 0.778. The SMILES string of the molecule is CCC1CCC(NC2CC=CCC2)C1. The van der Waals surface area contributed by atoms with Gasteiger partial charge < -0.3 is 5.32 Å². The van der Waals surface area contributed by atoms with Crippen LogP contribution in [0.4, 0.5) is 0 Å². The minimum Gasteiger partial charge on any atom is -0.311 e. The summed E-state index contributed by atoms with van der Waals surface area (Å²) in [5.74, 6) is 1.01. The Balaban J connectivity index is 1.73. The van der Waals surface area contributed by atoms with E-state index in [4.69, 9.17) is 0 Å². The molecule has 1 nitrogen and oxygen atoms in total. The van der Waals surface area contributed by atoms with Crippen LogP contribution in [0.25, 0.3) is 0 Å². The second-order valence-corrected chi connectivity index (χ2v) is 4.93. The number of rotatable bonds is 3. The molecule has 1 heteroatoms. The van der Waals surface area contributed by atoms with Crippen LogP contribution in [-0.2, 0) is 0 Å². The lowest BCUT2D eigenvalue weighted by Gasteiger charge is -2.23. The Bertz CT molecular complexity index is 197. The quantitative estimate of drug-likeness (QED) is 0.678. The van der Waals surface area contributed by atoms with Gasteiger partial charge in [0, 0.05) is 12.1 Å². The summed E-state index contributed by atoms with van der Waals surface area (Å²) in [6, 6.07) is 1.61. The fraction of sp³-hybridized carbons (Fsp3) is 0.846. The summed E-state index contributed by atoms with van der Waals surface area (Å²) in [4.78, 5) is 0. The standard InChI is InChI=1S/C13H23N/c1-2-11-8-9-13(10-11)14-12-6-4-3-5-7-12/h3-4,11-14H,2,5-10H2,1H3. The van der Waals surface area contributed by atoms with E-state index in [1.165, 1.54) is 44.9 Å². The molecule has 0 aliphatic heterocycles. The molecule has 0 saturated heterocycles. The fourth-order valence-electron chi connectivity index (χ4n) is 2.88. The van der Waals surface area contributed by atoms with Crippen molar-refractivity contribution in [3.8, 4) is 0 Å². The lowest BCUT2D eigenvalue weighted by atomic mass is 10.0. The molecule has 0 bridgehead atoms. The number of hydrogen-bond acceptors (Lipinski definition) is 1. The highest BCUT2D eigenvalue weighted by Crippen LogP contribution is 2.28. The molecule has 0 aromatic heterocycles. The van der Waals surface area contributed by atoms with Gasteiger partial charge in [0.1, 0.15) is 0 Å². The number of hydrogen-bond donors (Lipinski definition) is 1. The molecule has 0 heterocycles. The van der Waals surface area contributed by atoms with Crippen LogP contribution in [0.1, 0.15) is 51.9 Å². The predicted octanol–water partition coefficient (Wildman–Crippen LogP) is 3.26. The van der Waals surface area contributed by atoms with Crippen molar-refractivity contribution in [1.29, 1.82) is 0 Å². The van der Waals surface area contributed by atoms with Gasteiger partial charge in [-0.2, -0.15) is 0 Å². The van der Waals surface area contributed by atoms with Gasteiger partial charge in [0.2, 0.25) is 0 Å². The maximum Gasteiger partial charge on any atom is 0.0107 e. The van der Waals surface area contributed by atoms with Gasteiger partial charge in [-0.25, -0.2) is 0 Å². The second-order valence-electron chi connectivity index (χ2n) is 4.93. The first-order chi connectivity index (χ1) is 6.88. The largest absolute Gasteiger partial charge is 0.311 e. The zero-order chi connectivity index (χ0) is 9.80. The van der Waals surface area contributed by atoms with Crippen molar-refractivity contribution >= 4 is 0 Å². The van der Waals surface area contributed by atoms with Crippen molar-refractivity contribution in [2.75, 3.05) is 0 Å². The van der Waals surface area contributed by atoms with Crippen LogP contribution in [0.5, 0.6) is 0 Å². The van der Waals surface area contributed by atoms with Gasteiger partial charge in [-0.3, -0.25) is 0 Å². The molecule has 1 fully saturated rings. The van der Waals surface area contributed by atoms with Crippen LogP contribution >= 0.6 is 0 Å². The summed E-state index contributed by atoms with van der Waals surface area (Å²) in [5.41, 5.74) is 0. The van der Waals surface area contributed by atoms with Crippen molar-refractivity contribution < 1.29 is 0 Å². The highest BCUT2D eigenvalue weighted by Gasteiger charge is 2.24. The molecule has 0 radical (unpaired) electrons. The van der Waals surface area contributed by atoms with Crippen LogP contribution in [0.3, 0.4) is 0 Å². The molecule has 2 rings (SSSR count). The molecule has 1 N–H and O–H groups in total. The first-order valence-corrected chi connectivity index (χ1v) is 6.29. The second kappa shape index (κ2) is 4.97. The molecule has 0 aromatic rings. The zero-order valence-electron chi connectivity index (χ0n) is 9.34. The molecular weight excluding hydrogens is 170 g/mol. The average molecular weight is 193 g/mol. The third-order valence-electron chi connectivity index (χ3n) is 3.86. The number of nitrogens with one attached hydrogen (secondary N) is 1. The van der Waals surface area contributed by atoms with E-state index in [1.807, 2.05) is 0 Å². The molecular formula is C13H23N. The summed E-state index contributed by atoms with van der Waals surface area (Å²) >= 11 is 0. The summed E-state index contributed by atoms with van der Waals surface area (Å²) in [5, 5.41) is 3.83. The highest BCUT2D eigenvalue weighted by atomic mass is 15.0. The molecule has 0 aromatic carbocycles. The van der Waals surface area contributed by atoms with Crippen molar-refractivity contribution in [2.45, 2.75) is 64.0 Å². The summed E-state index contributed by atoms with van der Waals surface area (Å²) in [7, 11) is 0. The van der Waals surface area contributed by atoms with Gasteiger partial charge >= 0.3 is 0 Å². The van der Waals surface area contributed by atoms with Crippen molar-refractivity contribution in [3.05, 3.63) is 12.2 Å². The van der Waals surface area contributed by atoms with Crippen molar-refractivity contribution in [3.63, 3.8) is 0 Å². The smallest absolute Gasteiger partial charge is 0.0107 e. The Morgan fingerprint density at radius 1 is 1.14 bits per heavy atom. The van der Waals surface area contributed by atoms with E-state index in [9.17, 15) is 0 Å². The highest BCUT2D eigenvalue weighted by molar-refractivity contribution is 4.94. The van der Waals surface area contributed by atoms with Crippen LogP contribution in [0.15, 0.2) is 12.2 Å². The van der Waals surface area contributed by atoms with E-state index < -0.39 is 0 Å². The molecule has 2 aliphatic rings. The van der Waals surface area contributed by atoms with E-state index in [0.717, 1.165) is 18.0 Å². The molecule has 14 heavy (non-hydrogen) atoms. The lowest BCUT2D eigenvalue weighted by Crippen LogP contribution is -2.37. The van der Waals surface area contributed by atoms with Crippen molar-refractivity contribution in [2.24, 2.45) is 5.92 Å². The monoisotopic (exact) mass is 193 g/mol. The predicted molar refractivity (Wildman–Crippen MR) is 61.3 cm³/mol. The van der Waals surface area contributed by atoms with Crippen LogP contribution in [0, 0.1) is 5.92 Å². The zero-order valence-corrected chi connectivity index (χ0v) is 9.34. The van der Waals surface area contributed by atoms with Crippen molar-refractivity contribution in [1.82, 2.24) is 5.32 Å². The summed E-state index contributed by atoms with van der Waals surface area (Å²) in [6.45, 7) is 2.33. The molecule has 3 atom stereocenters. The molecule has 1 saturated carbocycles. The minimum atomic E-state index is 0.778. The normalized spacial score (nSPS) is 37.6. The molecule has 80 valence electrons. The molecule has 0 amide bonds. The summed E-state index contributed by atoms with van der Waals surface area (Å²) in [6.07, 6.45) is 14.2. The summed E-state index contributed by atoms with van der Waals surface area (Å²) < 4.78 is 0. The topological polar surface area (TPSA) is 12.0 Å². The maximum absolute atomic E-state index is 3.83. The van der Waals surface area contributed by atoms with Crippen LogP contribution in [0.2, 0.25) is 0 Å². The first kappa shape index (κ1) is 10.2. The van der Waals surface area contributed by atoms with Gasteiger partial charge in [0.25, 0.3) is 0 Å². The van der Waals surface area contributed by atoms with Crippen LogP contribution in [-0.4, -0.2) is 12.1 Å². The molecule has 2 aliphatic carbocycles.